The quantitative estimate of drug-likeness (QED) is 0.384. The molecular weight excluding hydrogens is 402 g/mol. The van der Waals surface area contributed by atoms with Gasteiger partial charge >= 0.3 is 0 Å². The van der Waals surface area contributed by atoms with Gasteiger partial charge in [-0.15, -0.1) is 22.7 Å². The normalized spacial score (nSPS) is 11.0. The Bertz CT molecular complexity index is 1120. The number of hydrogen-bond donors (Lipinski definition) is 1. The number of nitrogens with one attached hydrogen (secondary N) is 1. The standard InChI is InChI=1S/C17H13N5O2S3/c23-13(21-16-19-6-8-26-16)10-27-17-20-12-4-7-25-14(12)15(24)22(17)9-11-3-1-2-5-18-11/h1-8H,9-10H2,(H,19,21,23). The topological polar surface area (TPSA) is 89.8 Å². The number of hydrogen-bond acceptors (Lipinski definition) is 8. The molecule has 4 aromatic heterocycles. The molecule has 0 aliphatic heterocycles. The van der Waals surface area contributed by atoms with Gasteiger partial charge in [-0.1, -0.05) is 17.8 Å². The van der Waals surface area contributed by atoms with Crippen LogP contribution < -0.4 is 10.9 Å². The van der Waals surface area contributed by atoms with Crippen LogP contribution in [0.1, 0.15) is 5.69 Å². The number of anilines is 1. The van der Waals surface area contributed by atoms with E-state index in [-0.39, 0.29) is 17.2 Å². The van der Waals surface area contributed by atoms with Gasteiger partial charge < -0.3 is 5.32 Å². The highest BCUT2D eigenvalue weighted by atomic mass is 32.2. The molecule has 136 valence electrons. The molecule has 1 N–H and O–H groups in total. The molecule has 27 heavy (non-hydrogen) atoms. The van der Waals surface area contributed by atoms with Gasteiger partial charge in [-0.25, -0.2) is 9.97 Å². The van der Waals surface area contributed by atoms with Crippen molar-refractivity contribution >= 4 is 55.7 Å². The first-order valence-electron chi connectivity index (χ1n) is 7.91. The zero-order valence-electron chi connectivity index (χ0n) is 13.9. The third kappa shape index (κ3) is 4.07. The Kier molecular flexibility index (Phi) is 5.28. The van der Waals surface area contributed by atoms with Crippen molar-refractivity contribution in [3.63, 3.8) is 0 Å². The molecule has 0 unspecified atom stereocenters. The predicted molar refractivity (Wildman–Crippen MR) is 109 cm³/mol. The second-order valence-electron chi connectivity index (χ2n) is 5.42. The predicted octanol–water partition coefficient (Wildman–Crippen LogP) is 3.09. The zero-order valence-corrected chi connectivity index (χ0v) is 16.3. The Labute approximate surface area is 166 Å². The fourth-order valence-electron chi connectivity index (χ4n) is 2.40. The van der Waals surface area contributed by atoms with Gasteiger partial charge in [0.2, 0.25) is 5.91 Å². The molecule has 0 aromatic carbocycles. The number of carbonyl (C=O) groups is 1. The van der Waals surface area contributed by atoms with Crippen LogP contribution in [0.5, 0.6) is 0 Å². The number of fused-ring (bicyclic) bond motifs is 1. The van der Waals surface area contributed by atoms with Gasteiger partial charge in [-0.3, -0.25) is 19.1 Å². The SMILES string of the molecule is O=C(CSc1nc2ccsc2c(=O)n1Cc1ccccn1)Nc1nccs1. The minimum Gasteiger partial charge on any atom is -0.301 e. The largest absolute Gasteiger partial charge is 0.301 e. The van der Waals surface area contributed by atoms with E-state index >= 15 is 0 Å². The maximum atomic E-state index is 12.9. The van der Waals surface area contributed by atoms with Gasteiger partial charge in [-0.2, -0.15) is 0 Å². The van der Waals surface area contributed by atoms with Crippen LogP contribution in [-0.4, -0.2) is 31.2 Å². The molecule has 0 aliphatic carbocycles. The number of aromatic nitrogens is 4. The molecule has 4 aromatic rings. The lowest BCUT2D eigenvalue weighted by molar-refractivity contribution is -0.113. The number of thiazole rings is 1. The molecule has 4 rings (SSSR count). The molecule has 7 nitrogen and oxygen atoms in total. The van der Waals surface area contributed by atoms with Crippen LogP contribution in [0.3, 0.4) is 0 Å². The minimum atomic E-state index is -0.195. The molecule has 0 bridgehead atoms. The number of amides is 1. The summed E-state index contributed by atoms with van der Waals surface area (Å²) in [5.74, 6) is -0.0665. The Morgan fingerprint density at radius 3 is 2.85 bits per heavy atom. The summed E-state index contributed by atoms with van der Waals surface area (Å²) >= 11 is 3.94. The molecule has 0 radical (unpaired) electrons. The van der Waals surface area contributed by atoms with Gasteiger partial charge in [0.15, 0.2) is 10.3 Å². The second kappa shape index (κ2) is 7.99. The van der Waals surface area contributed by atoms with Crippen molar-refractivity contribution in [2.24, 2.45) is 0 Å². The van der Waals surface area contributed by atoms with Crippen LogP contribution in [0.2, 0.25) is 0 Å². The van der Waals surface area contributed by atoms with E-state index in [1.54, 1.807) is 22.3 Å². The Hall–Kier alpha value is -2.56. The molecule has 0 aliphatic rings. The van der Waals surface area contributed by atoms with Crippen LogP contribution in [0.4, 0.5) is 5.13 Å². The van der Waals surface area contributed by atoms with E-state index in [1.165, 1.54) is 34.4 Å². The molecule has 1 amide bonds. The maximum absolute atomic E-state index is 12.9. The Morgan fingerprint density at radius 2 is 2.07 bits per heavy atom. The summed E-state index contributed by atoms with van der Waals surface area (Å²) < 4.78 is 2.17. The number of pyridine rings is 1. The highest BCUT2D eigenvalue weighted by Gasteiger charge is 2.15. The number of thioether (sulfide) groups is 1. The van der Waals surface area contributed by atoms with E-state index in [1.807, 2.05) is 29.6 Å². The highest BCUT2D eigenvalue weighted by molar-refractivity contribution is 7.99. The van der Waals surface area contributed by atoms with Crippen molar-refractivity contribution in [3.8, 4) is 0 Å². The van der Waals surface area contributed by atoms with Crippen molar-refractivity contribution < 1.29 is 4.79 Å². The summed E-state index contributed by atoms with van der Waals surface area (Å²) in [6.07, 6.45) is 3.32. The smallest absolute Gasteiger partial charge is 0.272 e. The summed E-state index contributed by atoms with van der Waals surface area (Å²) in [7, 11) is 0. The lowest BCUT2D eigenvalue weighted by Gasteiger charge is -2.11. The molecule has 0 saturated carbocycles. The van der Waals surface area contributed by atoms with Gasteiger partial charge in [-0.05, 0) is 23.6 Å². The van der Waals surface area contributed by atoms with Crippen LogP contribution in [0.15, 0.2) is 57.4 Å². The Balaban J connectivity index is 1.61. The first kappa shape index (κ1) is 17.8. The van der Waals surface area contributed by atoms with E-state index in [9.17, 15) is 9.59 Å². The lowest BCUT2D eigenvalue weighted by atomic mass is 10.3. The molecular formula is C17H13N5O2S3. The average Bonchev–Trinajstić information content (AvgIpc) is 3.35. The van der Waals surface area contributed by atoms with Crippen molar-refractivity contribution in [3.05, 3.63) is 63.5 Å². The monoisotopic (exact) mass is 415 g/mol. The van der Waals surface area contributed by atoms with Gasteiger partial charge in [0.25, 0.3) is 5.56 Å². The third-order valence-electron chi connectivity index (χ3n) is 3.59. The fourth-order valence-corrected chi connectivity index (χ4v) is 4.52. The summed E-state index contributed by atoms with van der Waals surface area (Å²) in [4.78, 5) is 38.0. The van der Waals surface area contributed by atoms with Gasteiger partial charge in [0.05, 0.1) is 23.5 Å². The summed E-state index contributed by atoms with van der Waals surface area (Å²) in [6, 6.07) is 7.37. The van der Waals surface area contributed by atoms with Crippen molar-refractivity contribution in [2.45, 2.75) is 11.7 Å². The fraction of sp³-hybridized carbons (Fsp3) is 0.118. The molecule has 4 heterocycles. The van der Waals surface area contributed by atoms with Crippen molar-refractivity contribution in [1.29, 1.82) is 0 Å². The van der Waals surface area contributed by atoms with E-state index in [0.717, 1.165) is 5.69 Å². The second-order valence-corrected chi connectivity index (χ2v) is 8.17. The van der Waals surface area contributed by atoms with E-state index in [0.29, 0.717) is 27.0 Å². The maximum Gasteiger partial charge on any atom is 0.272 e. The average molecular weight is 416 g/mol. The molecule has 0 fully saturated rings. The molecule has 0 spiro atoms. The highest BCUT2D eigenvalue weighted by Crippen LogP contribution is 2.22. The van der Waals surface area contributed by atoms with Crippen molar-refractivity contribution in [1.82, 2.24) is 19.5 Å². The Morgan fingerprint density at radius 1 is 1.15 bits per heavy atom. The third-order valence-corrected chi connectivity index (χ3v) is 6.14. The van der Waals surface area contributed by atoms with Crippen LogP contribution >= 0.6 is 34.4 Å². The van der Waals surface area contributed by atoms with Crippen LogP contribution in [-0.2, 0) is 11.3 Å². The van der Waals surface area contributed by atoms with E-state index in [2.05, 4.69) is 20.3 Å². The molecule has 0 saturated heterocycles. The van der Waals surface area contributed by atoms with Gasteiger partial charge in [0, 0.05) is 17.8 Å². The zero-order chi connectivity index (χ0) is 18.6. The molecule has 0 atom stereocenters. The van der Waals surface area contributed by atoms with Crippen LogP contribution in [0.25, 0.3) is 10.2 Å². The number of thiophene rings is 1. The number of nitrogens with zero attached hydrogens (tertiary/aromatic N) is 4. The summed E-state index contributed by atoms with van der Waals surface area (Å²) in [5.41, 5.74) is 1.28. The molecule has 10 heteroatoms. The lowest BCUT2D eigenvalue weighted by Crippen LogP contribution is -2.24. The van der Waals surface area contributed by atoms with E-state index in [4.69, 9.17) is 0 Å². The van der Waals surface area contributed by atoms with E-state index < -0.39 is 0 Å². The summed E-state index contributed by atoms with van der Waals surface area (Å²) in [6.45, 7) is 0.303. The van der Waals surface area contributed by atoms with Crippen molar-refractivity contribution in [2.75, 3.05) is 11.1 Å². The first-order valence-corrected chi connectivity index (χ1v) is 10.7. The summed E-state index contributed by atoms with van der Waals surface area (Å²) in [5, 5.41) is 7.40. The van der Waals surface area contributed by atoms with Gasteiger partial charge in [0.1, 0.15) is 4.70 Å². The number of rotatable bonds is 6. The first-order chi connectivity index (χ1) is 13.2. The van der Waals surface area contributed by atoms with Crippen LogP contribution in [0, 0.1) is 0 Å². The number of carbonyl (C=O) groups excluding carboxylic acids is 1. The minimum absolute atomic E-state index is 0.122.